The monoisotopic (exact) mass is 807 g/mol. The van der Waals surface area contributed by atoms with Gasteiger partial charge in [0.25, 0.3) is 0 Å². The Morgan fingerprint density at radius 3 is 1.00 bits per heavy atom. The third kappa shape index (κ3) is 43.8. The maximum atomic E-state index is 12.7. The predicted octanol–water partition coefficient (Wildman–Crippen LogP) is 16.1. The fourth-order valence-electron chi connectivity index (χ4n) is 7.60. The van der Waals surface area contributed by atoms with Crippen molar-refractivity contribution in [1.82, 2.24) is 0 Å². The summed E-state index contributed by atoms with van der Waals surface area (Å²) in [5.74, 6) is 0.773. The van der Waals surface area contributed by atoms with Crippen molar-refractivity contribution in [1.29, 1.82) is 0 Å². The summed E-state index contributed by atoms with van der Waals surface area (Å²) in [6, 6.07) is 0. The number of carbonyl (C=O) groups is 3. The van der Waals surface area contributed by atoms with Crippen LogP contribution in [0.3, 0.4) is 0 Å². The van der Waals surface area contributed by atoms with Crippen molar-refractivity contribution >= 4 is 17.9 Å². The number of hydrogen-bond donors (Lipinski definition) is 0. The predicted molar refractivity (Wildman–Crippen MR) is 243 cm³/mol. The van der Waals surface area contributed by atoms with E-state index in [-0.39, 0.29) is 31.1 Å². The van der Waals surface area contributed by atoms with Gasteiger partial charge in [-0.25, -0.2) is 0 Å². The molecule has 0 bridgehead atoms. The first-order valence-electron chi connectivity index (χ1n) is 25.3. The Bertz CT molecular complexity index is 872. The van der Waals surface area contributed by atoms with Gasteiger partial charge in [0.1, 0.15) is 13.2 Å². The zero-order chi connectivity index (χ0) is 41.9. The third-order valence-corrected chi connectivity index (χ3v) is 11.8. The minimum absolute atomic E-state index is 0.0651. The number of esters is 3. The van der Waals surface area contributed by atoms with Gasteiger partial charge in [0.05, 0.1) is 0 Å². The molecule has 338 valence electrons. The highest BCUT2D eigenvalue weighted by Crippen LogP contribution is 2.18. The quantitative estimate of drug-likeness (QED) is 0.0346. The first-order chi connectivity index (χ1) is 27.8. The van der Waals surface area contributed by atoms with Crippen LogP contribution in [0.4, 0.5) is 0 Å². The molecule has 0 radical (unpaired) electrons. The Hall–Kier alpha value is -1.59. The summed E-state index contributed by atoms with van der Waals surface area (Å²) in [5.41, 5.74) is 0. The van der Waals surface area contributed by atoms with E-state index in [4.69, 9.17) is 14.2 Å². The van der Waals surface area contributed by atoms with Crippen molar-refractivity contribution in [2.24, 2.45) is 11.8 Å². The lowest BCUT2D eigenvalue weighted by molar-refractivity contribution is -0.167. The molecule has 1 unspecified atom stereocenters. The maximum absolute atomic E-state index is 12.7. The van der Waals surface area contributed by atoms with E-state index in [1.807, 2.05) is 0 Å². The summed E-state index contributed by atoms with van der Waals surface area (Å²) in [6.07, 6.45) is 43.8. The summed E-state index contributed by atoms with van der Waals surface area (Å²) in [4.78, 5) is 37.8. The van der Waals surface area contributed by atoms with Crippen molar-refractivity contribution < 1.29 is 28.6 Å². The lowest BCUT2D eigenvalue weighted by atomic mass is 9.99. The van der Waals surface area contributed by atoms with Crippen LogP contribution in [0.15, 0.2) is 0 Å². The Kier molecular flexibility index (Phi) is 42.7. The highest BCUT2D eigenvalue weighted by molar-refractivity contribution is 5.71. The molecule has 6 heteroatoms. The van der Waals surface area contributed by atoms with Crippen LogP contribution in [0.5, 0.6) is 0 Å². The number of carbonyl (C=O) groups excluding carboxylic acids is 3. The van der Waals surface area contributed by atoms with E-state index in [9.17, 15) is 14.4 Å². The Labute approximate surface area is 355 Å². The van der Waals surface area contributed by atoms with Gasteiger partial charge in [0.15, 0.2) is 6.10 Å². The lowest BCUT2D eigenvalue weighted by Gasteiger charge is -2.18. The molecule has 0 saturated heterocycles. The minimum Gasteiger partial charge on any atom is -0.462 e. The van der Waals surface area contributed by atoms with Crippen molar-refractivity contribution in [2.75, 3.05) is 13.2 Å². The smallest absolute Gasteiger partial charge is 0.306 e. The van der Waals surface area contributed by atoms with Gasteiger partial charge in [0, 0.05) is 19.3 Å². The van der Waals surface area contributed by atoms with E-state index in [1.165, 1.54) is 167 Å². The van der Waals surface area contributed by atoms with E-state index in [2.05, 4.69) is 34.6 Å². The lowest BCUT2D eigenvalue weighted by Crippen LogP contribution is -2.30. The zero-order valence-corrected chi connectivity index (χ0v) is 39.0. The van der Waals surface area contributed by atoms with Gasteiger partial charge in [-0.2, -0.15) is 0 Å². The molecule has 0 aromatic carbocycles. The van der Waals surface area contributed by atoms with Crippen molar-refractivity contribution in [3.8, 4) is 0 Å². The topological polar surface area (TPSA) is 78.9 Å². The summed E-state index contributed by atoms with van der Waals surface area (Å²) in [6.45, 7) is 11.3. The molecule has 0 spiro atoms. The van der Waals surface area contributed by atoms with Crippen molar-refractivity contribution in [2.45, 2.75) is 285 Å². The van der Waals surface area contributed by atoms with Gasteiger partial charge in [-0.15, -0.1) is 0 Å². The first-order valence-corrected chi connectivity index (χ1v) is 25.3. The van der Waals surface area contributed by atoms with Crippen molar-refractivity contribution in [3.63, 3.8) is 0 Å². The Balaban J connectivity index is 4.26. The van der Waals surface area contributed by atoms with Crippen LogP contribution < -0.4 is 0 Å². The number of rotatable bonds is 45. The molecule has 2 atom stereocenters. The minimum atomic E-state index is -0.762. The van der Waals surface area contributed by atoms with Crippen LogP contribution >= 0.6 is 0 Å². The van der Waals surface area contributed by atoms with Gasteiger partial charge in [0.2, 0.25) is 0 Å². The van der Waals surface area contributed by atoms with E-state index in [1.54, 1.807) is 0 Å². The molecular weight excluding hydrogens is 709 g/mol. The third-order valence-electron chi connectivity index (χ3n) is 11.8. The summed E-state index contributed by atoms with van der Waals surface area (Å²) in [5, 5.41) is 0. The first kappa shape index (κ1) is 55.4. The van der Waals surface area contributed by atoms with Crippen LogP contribution in [-0.2, 0) is 28.6 Å². The van der Waals surface area contributed by atoms with Crippen LogP contribution in [0, 0.1) is 11.8 Å². The molecule has 0 aliphatic rings. The van der Waals surface area contributed by atoms with Gasteiger partial charge in [-0.1, -0.05) is 240 Å². The van der Waals surface area contributed by atoms with Crippen LogP contribution in [0.1, 0.15) is 279 Å². The fraction of sp³-hybridized carbons (Fsp3) is 0.941. The summed E-state index contributed by atoms with van der Waals surface area (Å²) in [7, 11) is 0. The molecule has 0 aliphatic carbocycles. The molecule has 0 fully saturated rings. The second-order valence-corrected chi connectivity index (χ2v) is 18.2. The Morgan fingerprint density at radius 1 is 0.368 bits per heavy atom. The van der Waals surface area contributed by atoms with E-state index >= 15 is 0 Å². The Morgan fingerprint density at radius 2 is 0.667 bits per heavy atom. The SMILES string of the molecule is CCCCCCCCCCCCCCCCCCC(=O)OC[C@H](COC(=O)CCCCCCCCCCCCC(C)CC)OC(=O)CCCCCCCCC(C)C. The standard InChI is InChI=1S/C51H98O6/c1-6-8-9-10-11-12-13-14-15-16-17-18-22-25-31-36-41-49(52)55-44-48(57-51(54)43-38-33-28-27-29-34-39-46(3)4)45-56-50(53)42-37-32-26-23-20-19-21-24-30-35-40-47(5)7-2/h46-48H,6-45H2,1-5H3/t47?,48-/m1/s1. The summed E-state index contributed by atoms with van der Waals surface area (Å²) < 4.78 is 16.8. The average Bonchev–Trinajstić information content (AvgIpc) is 3.19. The maximum Gasteiger partial charge on any atom is 0.306 e. The highest BCUT2D eigenvalue weighted by atomic mass is 16.6. The van der Waals surface area contributed by atoms with Crippen LogP contribution in [-0.4, -0.2) is 37.2 Å². The molecule has 57 heavy (non-hydrogen) atoms. The van der Waals surface area contributed by atoms with Gasteiger partial charge >= 0.3 is 17.9 Å². The van der Waals surface area contributed by atoms with E-state index in [0.717, 1.165) is 69.6 Å². The molecular formula is C51H98O6. The van der Waals surface area contributed by atoms with Gasteiger partial charge in [-0.05, 0) is 31.1 Å². The fourth-order valence-corrected chi connectivity index (χ4v) is 7.60. The molecule has 0 aliphatic heterocycles. The van der Waals surface area contributed by atoms with Gasteiger partial charge < -0.3 is 14.2 Å². The summed E-state index contributed by atoms with van der Waals surface area (Å²) >= 11 is 0. The molecule has 0 heterocycles. The van der Waals surface area contributed by atoms with Crippen LogP contribution in [0.25, 0.3) is 0 Å². The molecule has 0 rings (SSSR count). The average molecular weight is 807 g/mol. The number of unbranched alkanes of at least 4 members (excludes halogenated alkanes) is 29. The van der Waals surface area contributed by atoms with Crippen LogP contribution in [0.2, 0.25) is 0 Å². The van der Waals surface area contributed by atoms with Crippen molar-refractivity contribution in [3.05, 3.63) is 0 Å². The highest BCUT2D eigenvalue weighted by Gasteiger charge is 2.19. The molecule has 6 nitrogen and oxygen atoms in total. The van der Waals surface area contributed by atoms with E-state index in [0.29, 0.717) is 19.3 Å². The second kappa shape index (κ2) is 44.0. The molecule has 0 N–H and O–H groups in total. The molecule has 0 saturated carbocycles. The number of hydrogen-bond acceptors (Lipinski definition) is 6. The second-order valence-electron chi connectivity index (χ2n) is 18.2. The normalized spacial score (nSPS) is 12.5. The molecule has 0 amide bonds. The molecule has 0 aromatic heterocycles. The zero-order valence-electron chi connectivity index (χ0n) is 39.0. The molecule has 0 aromatic rings. The largest absolute Gasteiger partial charge is 0.462 e. The number of ether oxygens (including phenoxy) is 3. The van der Waals surface area contributed by atoms with Gasteiger partial charge in [-0.3, -0.25) is 14.4 Å². The van der Waals surface area contributed by atoms with E-state index < -0.39 is 6.10 Å².